The van der Waals surface area contributed by atoms with Crippen molar-refractivity contribution in [1.29, 1.82) is 0 Å². The fourth-order valence-electron chi connectivity index (χ4n) is 2.37. The number of likely N-dealkylation sites (N-methyl/N-ethyl adjacent to an activating group) is 2. The normalized spacial score (nSPS) is 14.8. The summed E-state index contributed by atoms with van der Waals surface area (Å²) in [5, 5.41) is 6.23. The van der Waals surface area contributed by atoms with E-state index >= 15 is 0 Å². The smallest absolute Gasteiger partial charge is 0.224 e. The number of hydrogen-bond acceptors (Lipinski definition) is 3. The van der Waals surface area contributed by atoms with Crippen molar-refractivity contribution >= 4 is 17.3 Å². The van der Waals surface area contributed by atoms with E-state index in [4.69, 9.17) is 0 Å². The SMILES string of the molecule is CNC(C)(C)CN(C)c1ccc2c(c1)CCC(=O)N2. The number of aryl methyl sites for hydroxylation is 1. The molecule has 0 saturated heterocycles. The zero-order valence-electron chi connectivity index (χ0n) is 12.2. The summed E-state index contributed by atoms with van der Waals surface area (Å²) in [5.74, 6) is 0.116. The Kier molecular flexibility index (Phi) is 3.80. The standard InChI is InChI=1S/C15H23N3O/c1-15(2,16-3)10-18(4)12-6-7-13-11(9-12)5-8-14(19)17-13/h6-7,9,16H,5,8,10H2,1-4H3,(H,17,19). The molecule has 104 valence electrons. The summed E-state index contributed by atoms with van der Waals surface area (Å²) in [6.45, 7) is 5.29. The van der Waals surface area contributed by atoms with Gasteiger partial charge in [-0.25, -0.2) is 0 Å². The molecule has 0 aliphatic carbocycles. The highest BCUT2D eigenvalue weighted by Gasteiger charge is 2.19. The minimum atomic E-state index is 0.0683. The van der Waals surface area contributed by atoms with Crippen LogP contribution in [0.2, 0.25) is 0 Å². The van der Waals surface area contributed by atoms with Gasteiger partial charge in [-0.3, -0.25) is 4.79 Å². The predicted octanol–water partition coefficient (Wildman–Crippen LogP) is 2.01. The lowest BCUT2D eigenvalue weighted by Crippen LogP contribution is -2.46. The topological polar surface area (TPSA) is 44.4 Å². The van der Waals surface area contributed by atoms with Gasteiger partial charge < -0.3 is 15.5 Å². The first-order chi connectivity index (χ1) is 8.91. The third-order valence-corrected chi connectivity index (χ3v) is 3.73. The fraction of sp³-hybridized carbons (Fsp3) is 0.533. The second-order valence-corrected chi connectivity index (χ2v) is 5.88. The van der Waals surface area contributed by atoms with Crippen LogP contribution in [0.1, 0.15) is 25.8 Å². The fourth-order valence-corrected chi connectivity index (χ4v) is 2.37. The molecule has 0 bridgehead atoms. The lowest BCUT2D eigenvalue weighted by Gasteiger charge is -2.32. The van der Waals surface area contributed by atoms with E-state index in [1.54, 1.807) is 0 Å². The number of fused-ring (bicyclic) bond motifs is 1. The number of nitrogens with zero attached hydrogens (tertiary/aromatic N) is 1. The quantitative estimate of drug-likeness (QED) is 0.871. The third kappa shape index (κ3) is 3.26. The number of rotatable bonds is 4. The lowest BCUT2D eigenvalue weighted by atomic mass is 10.0. The van der Waals surface area contributed by atoms with Crippen LogP contribution < -0.4 is 15.5 Å². The van der Waals surface area contributed by atoms with Gasteiger partial charge in [-0.1, -0.05) is 0 Å². The molecule has 0 saturated carbocycles. The van der Waals surface area contributed by atoms with Gasteiger partial charge in [0.2, 0.25) is 5.91 Å². The largest absolute Gasteiger partial charge is 0.373 e. The Labute approximate surface area is 115 Å². The minimum Gasteiger partial charge on any atom is -0.373 e. The number of anilines is 2. The predicted molar refractivity (Wildman–Crippen MR) is 79.8 cm³/mol. The molecule has 1 aliphatic rings. The highest BCUT2D eigenvalue weighted by molar-refractivity contribution is 5.94. The van der Waals surface area contributed by atoms with Gasteiger partial charge in [0.05, 0.1) is 0 Å². The zero-order chi connectivity index (χ0) is 14.0. The van der Waals surface area contributed by atoms with Crippen LogP contribution in [0.3, 0.4) is 0 Å². The Morgan fingerprint density at radius 3 is 2.79 bits per heavy atom. The summed E-state index contributed by atoms with van der Waals surface area (Å²) in [5.41, 5.74) is 3.45. The molecule has 0 atom stereocenters. The second-order valence-electron chi connectivity index (χ2n) is 5.88. The molecule has 2 N–H and O–H groups in total. The van der Waals surface area contributed by atoms with E-state index in [1.807, 2.05) is 13.1 Å². The van der Waals surface area contributed by atoms with Crippen LogP contribution in [0.5, 0.6) is 0 Å². The Hall–Kier alpha value is -1.55. The summed E-state index contributed by atoms with van der Waals surface area (Å²) in [4.78, 5) is 13.6. The van der Waals surface area contributed by atoms with Crippen molar-refractivity contribution in [3.05, 3.63) is 23.8 Å². The van der Waals surface area contributed by atoms with Gasteiger partial charge in [-0.2, -0.15) is 0 Å². The van der Waals surface area contributed by atoms with Crippen LogP contribution in [-0.4, -0.2) is 32.1 Å². The summed E-state index contributed by atoms with van der Waals surface area (Å²) in [6, 6.07) is 6.25. The van der Waals surface area contributed by atoms with Crippen molar-refractivity contribution < 1.29 is 4.79 Å². The van der Waals surface area contributed by atoms with E-state index in [0.717, 1.165) is 18.7 Å². The van der Waals surface area contributed by atoms with E-state index < -0.39 is 0 Å². The molecule has 1 amide bonds. The molecular weight excluding hydrogens is 238 g/mol. The van der Waals surface area contributed by atoms with Gasteiger partial charge in [0.15, 0.2) is 0 Å². The maximum absolute atomic E-state index is 11.3. The van der Waals surface area contributed by atoms with Gasteiger partial charge >= 0.3 is 0 Å². The van der Waals surface area contributed by atoms with Gasteiger partial charge in [-0.05, 0) is 51.1 Å². The van der Waals surface area contributed by atoms with E-state index in [-0.39, 0.29) is 11.4 Å². The molecule has 1 aromatic carbocycles. The third-order valence-electron chi connectivity index (χ3n) is 3.73. The number of benzene rings is 1. The van der Waals surface area contributed by atoms with Crippen molar-refractivity contribution in [3.63, 3.8) is 0 Å². The highest BCUT2D eigenvalue weighted by atomic mass is 16.1. The van der Waals surface area contributed by atoms with Crippen LogP contribution in [0.4, 0.5) is 11.4 Å². The summed E-state index contributed by atoms with van der Waals surface area (Å²) in [6.07, 6.45) is 1.42. The molecule has 19 heavy (non-hydrogen) atoms. The van der Waals surface area contributed by atoms with Crippen molar-refractivity contribution in [2.24, 2.45) is 0 Å². The molecule has 0 spiro atoms. The van der Waals surface area contributed by atoms with Crippen LogP contribution in [0.15, 0.2) is 18.2 Å². The molecule has 4 heteroatoms. The molecule has 0 fully saturated rings. The molecule has 0 aromatic heterocycles. The van der Waals surface area contributed by atoms with Crippen molar-refractivity contribution in [1.82, 2.24) is 5.32 Å². The van der Waals surface area contributed by atoms with Crippen LogP contribution in [0, 0.1) is 0 Å². The number of amides is 1. The maximum Gasteiger partial charge on any atom is 0.224 e. The first-order valence-corrected chi connectivity index (χ1v) is 6.74. The van der Waals surface area contributed by atoms with Crippen molar-refractivity contribution in [2.75, 3.05) is 30.9 Å². The molecule has 1 heterocycles. The molecule has 1 aromatic rings. The first kappa shape index (κ1) is 13.9. The molecule has 0 radical (unpaired) electrons. The zero-order valence-corrected chi connectivity index (χ0v) is 12.2. The molecule has 2 rings (SSSR count). The van der Waals surface area contributed by atoms with Crippen LogP contribution in [-0.2, 0) is 11.2 Å². The van der Waals surface area contributed by atoms with E-state index in [0.29, 0.717) is 6.42 Å². The van der Waals surface area contributed by atoms with E-state index in [2.05, 4.69) is 48.6 Å². The average Bonchev–Trinajstić information content (AvgIpc) is 2.37. The van der Waals surface area contributed by atoms with Gasteiger partial charge in [0.25, 0.3) is 0 Å². The summed E-state index contributed by atoms with van der Waals surface area (Å²) >= 11 is 0. The first-order valence-electron chi connectivity index (χ1n) is 6.74. The Morgan fingerprint density at radius 1 is 1.37 bits per heavy atom. The van der Waals surface area contributed by atoms with Crippen molar-refractivity contribution in [3.8, 4) is 0 Å². The Bertz CT molecular complexity index is 482. The number of carbonyl (C=O) groups is 1. The number of hydrogen-bond donors (Lipinski definition) is 2. The Balaban J connectivity index is 2.16. The second kappa shape index (κ2) is 5.21. The van der Waals surface area contributed by atoms with E-state index in [1.165, 1.54) is 11.3 Å². The lowest BCUT2D eigenvalue weighted by molar-refractivity contribution is -0.116. The number of nitrogens with one attached hydrogen (secondary N) is 2. The van der Waals surface area contributed by atoms with Gasteiger partial charge in [0, 0.05) is 36.9 Å². The molecule has 1 aliphatic heterocycles. The number of carbonyl (C=O) groups excluding carboxylic acids is 1. The highest BCUT2D eigenvalue weighted by Crippen LogP contribution is 2.27. The molecule has 0 unspecified atom stereocenters. The van der Waals surface area contributed by atoms with Crippen LogP contribution >= 0.6 is 0 Å². The average molecular weight is 261 g/mol. The van der Waals surface area contributed by atoms with Gasteiger partial charge in [0.1, 0.15) is 0 Å². The van der Waals surface area contributed by atoms with Crippen LogP contribution in [0.25, 0.3) is 0 Å². The minimum absolute atomic E-state index is 0.0683. The summed E-state index contributed by atoms with van der Waals surface area (Å²) in [7, 11) is 4.08. The maximum atomic E-state index is 11.3. The van der Waals surface area contributed by atoms with E-state index in [9.17, 15) is 4.79 Å². The van der Waals surface area contributed by atoms with Gasteiger partial charge in [-0.15, -0.1) is 0 Å². The monoisotopic (exact) mass is 261 g/mol. The van der Waals surface area contributed by atoms with Crippen molar-refractivity contribution in [2.45, 2.75) is 32.2 Å². The molecule has 4 nitrogen and oxygen atoms in total. The molecular formula is C15H23N3O. The Morgan fingerprint density at radius 2 is 2.11 bits per heavy atom. The summed E-state index contributed by atoms with van der Waals surface area (Å²) < 4.78 is 0.